The third kappa shape index (κ3) is 1.97. The monoisotopic (exact) mass is 249 g/mol. The molecule has 3 aromatic rings. The van der Waals surface area contributed by atoms with E-state index in [9.17, 15) is 0 Å². The van der Waals surface area contributed by atoms with Crippen LogP contribution in [0.4, 0.5) is 0 Å². The molecule has 0 radical (unpaired) electrons. The summed E-state index contributed by atoms with van der Waals surface area (Å²) < 4.78 is 0. The van der Waals surface area contributed by atoms with Crippen molar-refractivity contribution in [2.45, 2.75) is 20.8 Å². The van der Waals surface area contributed by atoms with Gasteiger partial charge in [-0.2, -0.15) is 0 Å². The van der Waals surface area contributed by atoms with Crippen LogP contribution in [0.3, 0.4) is 0 Å². The SMILES string of the molecule is Cc1ccc2c(C)cc(-c3cncnc3)nc2c1C. The molecular formula is C16H15N3. The van der Waals surface area contributed by atoms with E-state index in [0.717, 1.165) is 16.8 Å². The van der Waals surface area contributed by atoms with Crippen molar-refractivity contribution in [2.24, 2.45) is 0 Å². The highest BCUT2D eigenvalue weighted by atomic mass is 14.8. The van der Waals surface area contributed by atoms with Gasteiger partial charge < -0.3 is 0 Å². The smallest absolute Gasteiger partial charge is 0.115 e. The maximum absolute atomic E-state index is 4.79. The Morgan fingerprint density at radius 1 is 0.895 bits per heavy atom. The second kappa shape index (κ2) is 4.43. The molecule has 0 spiro atoms. The molecule has 0 aliphatic heterocycles. The lowest BCUT2D eigenvalue weighted by atomic mass is 10.0. The predicted octanol–water partition coefficient (Wildman–Crippen LogP) is 3.62. The van der Waals surface area contributed by atoms with E-state index < -0.39 is 0 Å². The molecule has 0 N–H and O–H groups in total. The van der Waals surface area contributed by atoms with Crippen LogP contribution < -0.4 is 0 Å². The van der Waals surface area contributed by atoms with Gasteiger partial charge in [-0.3, -0.25) is 0 Å². The van der Waals surface area contributed by atoms with Gasteiger partial charge in [0, 0.05) is 23.3 Å². The van der Waals surface area contributed by atoms with Crippen molar-refractivity contribution in [3.63, 3.8) is 0 Å². The summed E-state index contributed by atoms with van der Waals surface area (Å²) in [6.45, 7) is 6.35. The highest BCUT2D eigenvalue weighted by Crippen LogP contribution is 2.26. The number of hydrogen-bond acceptors (Lipinski definition) is 3. The quantitative estimate of drug-likeness (QED) is 0.661. The van der Waals surface area contributed by atoms with Crippen LogP contribution in [0.25, 0.3) is 22.2 Å². The zero-order valence-corrected chi connectivity index (χ0v) is 11.3. The molecule has 19 heavy (non-hydrogen) atoms. The molecule has 0 aliphatic carbocycles. The summed E-state index contributed by atoms with van der Waals surface area (Å²) in [7, 11) is 0. The number of rotatable bonds is 1. The summed E-state index contributed by atoms with van der Waals surface area (Å²) in [4.78, 5) is 12.9. The summed E-state index contributed by atoms with van der Waals surface area (Å²) in [6, 6.07) is 6.39. The number of hydrogen-bond donors (Lipinski definition) is 0. The van der Waals surface area contributed by atoms with Crippen LogP contribution in [0.1, 0.15) is 16.7 Å². The summed E-state index contributed by atoms with van der Waals surface area (Å²) in [5.74, 6) is 0. The van der Waals surface area contributed by atoms with Crippen LogP contribution in [0.15, 0.2) is 36.9 Å². The van der Waals surface area contributed by atoms with E-state index in [4.69, 9.17) is 4.98 Å². The maximum Gasteiger partial charge on any atom is 0.115 e. The first-order valence-electron chi connectivity index (χ1n) is 6.30. The summed E-state index contributed by atoms with van der Waals surface area (Å²) in [6.07, 6.45) is 5.13. The molecule has 2 aromatic heterocycles. The van der Waals surface area contributed by atoms with Crippen molar-refractivity contribution in [1.82, 2.24) is 15.0 Å². The van der Waals surface area contributed by atoms with E-state index in [-0.39, 0.29) is 0 Å². The molecule has 94 valence electrons. The number of pyridine rings is 1. The standard InChI is InChI=1S/C16H15N3/c1-10-4-5-14-11(2)6-15(19-16(14)12(10)3)13-7-17-9-18-8-13/h4-9H,1-3H3. The van der Waals surface area contributed by atoms with E-state index >= 15 is 0 Å². The first kappa shape index (κ1) is 11.8. The van der Waals surface area contributed by atoms with Gasteiger partial charge in [-0.25, -0.2) is 15.0 Å². The van der Waals surface area contributed by atoms with Crippen LogP contribution >= 0.6 is 0 Å². The average Bonchev–Trinajstić information content (AvgIpc) is 2.44. The molecular weight excluding hydrogens is 234 g/mol. The minimum atomic E-state index is 0.930. The maximum atomic E-state index is 4.79. The highest BCUT2D eigenvalue weighted by molar-refractivity contribution is 5.88. The molecule has 0 bridgehead atoms. The molecule has 0 unspecified atom stereocenters. The van der Waals surface area contributed by atoms with E-state index in [1.165, 1.54) is 28.4 Å². The van der Waals surface area contributed by atoms with Gasteiger partial charge in [0.05, 0.1) is 11.2 Å². The molecule has 3 rings (SSSR count). The molecule has 0 atom stereocenters. The van der Waals surface area contributed by atoms with Gasteiger partial charge in [0.15, 0.2) is 0 Å². The zero-order valence-electron chi connectivity index (χ0n) is 11.3. The number of aryl methyl sites for hydroxylation is 3. The Hall–Kier alpha value is -2.29. The Bertz CT molecular complexity index is 749. The number of nitrogens with zero attached hydrogens (tertiary/aromatic N) is 3. The van der Waals surface area contributed by atoms with Gasteiger partial charge in [0.2, 0.25) is 0 Å². The summed E-state index contributed by atoms with van der Waals surface area (Å²) in [5, 5.41) is 1.21. The number of benzene rings is 1. The number of fused-ring (bicyclic) bond motifs is 1. The van der Waals surface area contributed by atoms with E-state index in [1.54, 1.807) is 12.4 Å². The predicted molar refractivity (Wildman–Crippen MR) is 77.0 cm³/mol. The van der Waals surface area contributed by atoms with Gasteiger partial charge >= 0.3 is 0 Å². The second-order valence-electron chi connectivity index (χ2n) is 4.86. The minimum Gasteiger partial charge on any atom is -0.247 e. The summed E-state index contributed by atoms with van der Waals surface area (Å²) >= 11 is 0. The first-order chi connectivity index (χ1) is 9.16. The Morgan fingerprint density at radius 3 is 2.37 bits per heavy atom. The molecule has 0 saturated heterocycles. The van der Waals surface area contributed by atoms with E-state index in [1.807, 2.05) is 0 Å². The normalized spacial score (nSPS) is 10.9. The molecule has 2 heterocycles. The second-order valence-corrected chi connectivity index (χ2v) is 4.86. The fourth-order valence-electron chi connectivity index (χ4n) is 2.28. The highest BCUT2D eigenvalue weighted by Gasteiger charge is 2.08. The van der Waals surface area contributed by atoms with Gasteiger partial charge in [-0.15, -0.1) is 0 Å². The zero-order chi connectivity index (χ0) is 13.4. The number of aromatic nitrogens is 3. The van der Waals surface area contributed by atoms with Crippen LogP contribution in [0, 0.1) is 20.8 Å². The van der Waals surface area contributed by atoms with Gasteiger partial charge in [0.25, 0.3) is 0 Å². The molecule has 3 heteroatoms. The Kier molecular flexibility index (Phi) is 2.75. The molecule has 0 amide bonds. The van der Waals surface area contributed by atoms with Crippen LogP contribution in [0.5, 0.6) is 0 Å². The van der Waals surface area contributed by atoms with Crippen molar-refractivity contribution in [1.29, 1.82) is 0 Å². The van der Waals surface area contributed by atoms with E-state index in [0.29, 0.717) is 0 Å². The van der Waals surface area contributed by atoms with Crippen molar-refractivity contribution in [3.8, 4) is 11.3 Å². The van der Waals surface area contributed by atoms with Crippen LogP contribution in [0.2, 0.25) is 0 Å². The molecule has 0 aliphatic rings. The topological polar surface area (TPSA) is 38.7 Å². The third-order valence-electron chi connectivity index (χ3n) is 3.57. The van der Waals surface area contributed by atoms with Crippen LogP contribution in [-0.2, 0) is 0 Å². The Morgan fingerprint density at radius 2 is 1.63 bits per heavy atom. The molecule has 1 aromatic carbocycles. The van der Waals surface area contributed by atoms with Crippen molar-refractivity contribution in [2.75, 3.05) is 0 Å². The van der Waals surface area contributed by atoms with Crippen molar-refractivity contribution < 1.29 is 0 Å². The Labute approximate surface area is 112 Å². The molecule has 3 nitrogen and oxygen atoms in total. The lowest BCUT2D eigenvalue weighted by Crippen LogP contribution is -1.93. The molecule has 0 saturated carbocycles. The van der Waals surface area contributed by atoms with Gasteiger partial charge in [0.1, 0.15) is 6.33 Å². The lowest BCUT2D eigenvalue weighted by Gasteiger charge is -2.10. The fraction of sp³-hybridized carbons (Fsp3) is 0.188. The van der Waals surface area contributed by atoms with Crippen LogP contribution in [-0.4, -0.2) is 15.0 Å². The third-order valence-corrected chi connectivity index (χ3v) is 3.57. The van der Waals surface area contributed by atoms with Gasteiger partial charge in [-0.1, -0.05) is 12.1 Å². The average molecular weight is 249 g/mol. The van der Waals surface area contributed by atoms with E-state index in [2.05, 4.69) is 48.9 Å². The first-order valence-corrected chi connectivity index (χ1v) is 6.30. The van der Waals surface area contributed by atoms with Crippen molar-refractivity contribution >= 4 is 10.9 Å². The minimum absolute atomic E-state index is 0.930. The Balaban J connectivity index is 2.32. The van der Waals surface area contributed by atoms with Crippen molar-refractivity contribution in [3.05, 3.63) is 53.6 Å². The molecule has 0 fully saturated rings. The summed E-state index contributed by atoms with van der Waals surface area (Å²) in [5.41, 5.74) is 6.68. The lowest BCUT2D eigenvalue weighted by molar-refractivity contribution is 1.16. The van der Waals surface area contributed by atoms with Gasteiger partial charge in [-0.05, 0) is 43.5 Å². The fourth-order valence-corrected chi connectivity index (χ4v) is 2.28. The largest absolute Gasteiger partial charge is 0.247 e.